The van der Waals surface area contributed by atoms with Crippen LogP contribution in [0.25, 0.3) is 120 Å². The largest absolute Gasteiger partial charge is 0.455 e. The second-order valence-corrected chi connectivity index (χ2v) is 18.3. The highest BCUT2D eigenvalue weighted by Gasteiger charge is 2.27. The van der Waals surface area contributed by atoms with Crippen LogP contribution in [0.2, 0.25) is 0 Å². The highest BCUT2D eigenvalue weighted by molar-refractivity contribution is 6.26. The summed E-state index contributed by atoms with van der Waals surface area (Å²) < 4.78 is 7.17. The van der Waals surface area contributed by atoms with E-state index in [9.17, 15) is 0 Å². The minimum absolute atomic E-state index is 0.848. The number of rotatable bonds is 7. The first kappa shape index (κ1) is 39.9. The van der Waals surface area contributed by atoms with Crippen LogP contribution in [0.5, 0.6) is 0 Å². The lowest BCUT2D eigenvalue weighted by molar-refractivity contribution is 0.670. The predicted molar refractivity (Wildman–Crippen MR) is 298 cm³/mol. The zero-order valence-electron chi connectivity index (χ0n) is 38.2. The Morgan fingerprint density at radius 2 is 0.743 bits per heavy atom. The Morgan fingerprint density at radius 1 is 0.243 bits per heavy atom. The summed E-state index contributed by atoms with van der Waals surface area (Å²) in [5, 5.41) is 14.5. The Morgan fingerprint density at radius 3 is 1.46 bits per heavy atom. The van der Waals surface area contributed by atoms with E-state index in [1.165, 1.54) is 65.0 Å². The van der Waals surface area contributed by atoms with Gasteiger partial charge in [0.15, 0.2) is 0 Å². The average Bonchev–Trinajstić information content (AvgIpc) is 3.84. The molecule has 14 rings (SSSR count). The first-order valence-corrected chi connectivity index (χ1v) is 24.1. The number of para-hydroxylation sites is 3. The number of hydrogen-bond acceptors (Lipinski definition) is 2. The third-order valence-electron chi connectivity index (χ3n) is 14.5. The van der Waals surface area contributed by atoms with Crippen molar-refractivity contribution in [3.05, 3.63) is 261 Å². The lowest BCUT2D eigenvalue weighted by Crippen LogP contribution is -2.13. The van der Waals surface area contributed by atoms with Gasteiger partial charge in [-0.25, -0.2) is 0 Å². The van der Waals surface area contributed by atoms with Crippen molar-refractivity contribution in [2.75, 3.05) is 4.90 Å². The van der Waals surface area contributed by atoms with Crippen LogP contribution in [-0.2, 0) is 0 Å². The fraction of sp³-hybridized carbons (Fsp3) is 0. The van der Waals surface area contributed by atoms with Gasteiger partial charge >= 0.3 is 0 Å². The van der Waals surface area contributed by atoms with E-state index in [0.29, 0.717) is 0 Å². The van der Waals surface area contributed by atoms with Crippen molar-refractivity contribution in [2.45, 2.75) is 0 Å². The van der Waals surface area contributed by atoms with E-state index in [2.05, 4.69) is 266 Å². The van der Waals surface area contributed by atoms with Crippen molar-refractivity contribution in [1.82, 2.24) is 0 Å². The molecule has 0 spiro atoms. The molecule has 2 nitrogen and oxygen atoms in total. The third-order valence-corrected chi connectivity index (χ3v) is 14.5. The minimum atomic E-state index is 0.848. The Balaban J connectivity index is 1.08. The van der Waals surface area contributed by atoms with Gasteiger partial charge in [0, 0.05) is 22.1 Å². The zero-order valence-corrected chi connectivity index (χ0v) is 38.2. The average molecular weight is 890 g/mol. The molecule has 0 fully saturated rings. The van der Waals surface area contributed by atoms with Gasteiger partial charge in [-0.2, -0.15) is 0 Å². The number of fused-ring (bicyclic) bond motifs is 12. The molecule has 0 saturated carbocycles. The van der Waals surface area contributed by atoms with E-state index >= 15 is 0 Å². The molecule has 14 aromatic rings. The number of nitrogens with zero attached hydrogens (tertiary/aromatic N) is 1. The standard InChI is InChI=1S/C68H43NO/c1-2-20-44(21-3-1)47-23-6-7-27-51(47)58-33-15-18-36-64(58)69(63-35-17-14-25-49(63)46-38-39-57-54-30-10-9-28-52(54)53-29-11-13-32-56(53)61(57)43-46)65-41-40-59(68-67(65)60-34-16-19-37-66(60)70-68)62-42-45-22-4-5-24-48(45)50-26-8-12-31-55(50)62/h1-43H. The molecule has 2 heteroatoms. The first-order valence-electron chi connectivity index (χ1n) is 24.1. The molecule has 0 aliphatic heterocycles. The van der Waals surface area contributed by atoms with Crippen molar-refractivity contribution >= 4 is 92.9 Å². The van der Waals surface area contributed by atoms with Gasteiger partial charge < -0.3 is 9.32 Å². The van der Waals surface area contributed by atoms with Gasteiger partial charge in [0.25, 0.3) is 0 Å². The Hall–Kier alpha value is -9.24. The molecule has 0 bridgehead atoms. The molecule has 0 aliphatic rings. The normalized spacial score (nSPS) is 11.7. The van der Waals surface area contributed by atoms with E-state index in [1.54, 1.807) is 0 Å². The summed E-state index contributed by atoms with van der Waals surface area (Å²) in [6, 6.07) is 95.0. The predicted octanol–water partition coefficient (Wildman–Crippen LogP) is 19.5. The van der Waals surface area contributed by atoms with Crippen LogP contribution < -0.4 is 4.90 Å². The van der Waals surface area contributed by atoms with Crippen LogP contribution >= 0.6 is 0 Å². The van der Waals surface area contributed by atoms with Crippen LogP contribution in [0.3, 0.4) is 0 Å². The summed E-state index contributed by atoms with van der Waals surface area (Å²) in [5.74, 6) is 0. The van der Waals surface area contributed by atoms with Crippen LogP contribution in [-0.4, -0.2) is 0 Å². The van der Waals surface area contributed by atoms with Gasteiger partial charge in [-0.1, -0.05) is 218 Å². The number of benzene rings is 13. The quantitative estimate of drug-likeness (QED) is 0.148. The molecular formula is C68H43NO. The fourth-order valence-electron chi connectivity index (χ4n) is 11.3. The monoisotopic (exact) mass is 889 g/mol. The summed E-state index contributed by atoms with van der Waals surface area (Å²) in [7, 11) is 0. The summed E-state index contributed by atoms with van der Waals surface area (Å²) in [5.41, 5.74) is 13.9. The lowest BCUT2D eigenvalue weighted by atomic mass is 9.90. The van der Waals surface area contributed by atoms with Crippen molar-refractivity contribution in [2.24, 2.45) is 0 Å². The minimum Gasteiger partial charge on any atom is -0.455 e. The van der Waals surface area contributed by atoms with Gasteiger partial charge in [-0.3, -0.25) is 0 Å². The van der Waals surface area contributed by atoms with Gasteiger partial charge in [-0.15, -0.1) is 0 Å². The topological polar surface area (TPSA) is 16.4 Å². The summed E-state index contributed by atoms with van der Waals surface area (Å²) in [4.78, 5) is 2.50. The molecular weight excluding hydrogens is 847 g/mol. The molecule has 1 aromatic heterocycles. The third kappa shape index (κ3) is 6.27. The van der Waals surface area contributed by atoms with Crippen LogP contribution in [0.4, 0.5) is 17.1 Å². The second kappa shape index (κ2) is 16.2. The molecule has 0 N–H and O–H groups in total. The zero-order chi connectivity index (χ0) is 46.1. The number of anilines is 3. The number of hydrogen-bond donors (Lipinski definition) is 0. The van der Waals surface area contributed by atoms with Crippen molar-refractivity contribution < 1.29 is 4.42 Å². The maximum atomic E-state index is 7.17. The van der Waals surface area contributed by atoms with Crippen molar-refractivity contribution in [3.8, 4) is 44.5 Å². The molecule has 0 atom stereocenters. The van der Waals surface area contributed by atoms with Gasteiger partial charge in [0.1, 0.15) is 11.2 Å². The highest BCUT2D eigenvalue weighted by Crippen LogP contribution is 2.52. The molecule has 0 amide bonds. The fourth-order valence-corrected chi connectivity index (χ4v) is 11.3. The molecule has 0 radical (unpaired) electrons. The molecule has 0 unspecified atom stereocenters. The van der Waals surface area contributed by atoms with E-state index in [1.807, 2.05) is 0 Å². The molecule has 326 valence electrons. The van der Waals surface area contributed by atoms with Crippen LogP contribution in [0.1, 0.15) is 0 Å². The maximum absolute atomic E-state index is 7.17. The second-order valence-electron chi connectivity index (χ2n) is 18.3. The van der Waals surface area contributed by atoms with Gasteiger partial charge in [0.05, 0.1) is 22.4 Å². The maximum Gasteiger partial charge on any atom is 0.145 e. The van der Waals surface area contributed by atoms with Crippen LogP contribution in [0.15, 0.2) is 265 Å². The van der Waals surface area contributed by atoms with Gasteiger partial charge in [-0.05, 0) is 124 Å². The summed E-state index contributed by atoms with van der Waals surface area (Å²) in [6.45, 7) is 0. The van der Waals surface area contributed by atoms with E-state index in [4.69, 9.17) is 4.42 Å². The van der Waals surface area contributed by atoms with Crippen molar-refractivity contribution in [3.63, 3.8) is 0 Å². The smallest absolute Gasteiger partial charge is 0.145 e. The van der Waals surface area contributed by atoms with E-state index in [-0.39, 0.29) is 0 Å². The molecule has 70 heavy (non-hydrogen) atoms. The summed E-state index contributed by atoms with van der Waals surface area (Å²) >= 11 is 0. The van der Waals surface area contributed by atoms with Gasteiger partial charge in [0.2, 0.25) is 0 Å². The first-order chi connectivity index (χ1) is 34.8. The molecule has 0 saturated heterocycles. The molecule has 13 aromatic carbocycles. The van der Waals surface area contributed by atoms with Crippen molar-refractivity contribution in [1.29, 1.82) is 0 Å². The Labute approximate surface area is 405 Å². The molecule has 1 heterocycles. The van der Waals surface area contributed by atoms with E-state index < -0.39 is 0 Å². The highest BCUT2D eigenvalue weighted by atomic mass is 16.3. The lowest BCUT2D eigenvalue weighted by Gasteiger charge is -2.31. The van der Waals surface area contributed by atoms with E-state index in [0.717, 1.165) is 72.4 Å². The molecule has 0 aliphatic carbocycles. The summed E-state index contributed by atoms with van der Waals surface area (Å²) in [6.07, 6.45) is 0. The van der Waals surface area contributed by atoms with Crippen LogP contribution in [0, 0.1) is 0 Å². The Kier molecular flexibility index (Phi) is 9.25. The number of furan rings is 1. The Bertz CT molecular complexity index is 4340. The SMILES string of the molecule is c1ccc(-c2ccccc2-c2ccccc2N(c2ccccc2-c2ccc3c4ccccc4c4ccccc4c3c2)c2ccc(-c3cc4ccccc4c4ccccc34)c3oc4ccccc4c23)cc1.